The van der Waals surface area contributed by atoms with Crippen LogP contribution in [0.1, 0.15) is 12.5 Å². The van der Waals surface area contributed by atoms with E-state index in [4.69, 9.17) is 4.74 Å². The van der Waals surface area contributed by atoms with Gasteiger partial charge in [-0.2, -0.15) is 0 Å². The zero-order valence-corrected chi connectivity index (χ0v) is 11.0. The van der Waals surface area contributed by atoms with Crippen LogP contribution in [0, 0.1) is 0 Å². The highest BCUT2D eigenvalue weighted by atomic mass is 32.2. The average Bonchev–Trinajstić information content (AvgIpc) is 2.39. The Hall–Kier alpha value is -1.68. The normalized spacial score (nSPS) is 10.3. The van der Waals surface area contributed by atoms with Gasteiger partial charge in [-0.15, -0.1) is 11.8 Å². The Morgan fingerprint density at radius 1 is 1.28 bits per heavy atom. The lowest BCUT2D eigenvalue weighted by Gasteiger charge is -2.09. The van der Waals surface area contributed by atoms with Gasteiger partial charge in [0, 0.05) is 12.3 Å². The molecule has 1 heterocycles. The fourth-order valence-electron chi connectivity index (χ4n) is 1.56. The van der Waals surface area contributed by atoms with Crippen molar-refractivity contribution in [1.29, 1.82) is 0 Å². The van der Waals surface area contributed by atoms with Crippen molar-refractivity contribution in [3.8, 4) is 5.75 Å². The highest BCUT2D eigenvalue weighted by Crippen LogP contribution is 2.27. The molecule has 0 aliphatic heterocycles. The molecule has 0 aliphatic carbocycles. The first-order chi connectivity index (χ1) is 8.79. The van der Waals surface area contributed by atoms with Crippen molar-refractivity contribution in [3.63, 3.8) is 0 Å². The number of pyridine rings is 1. The van der Waals surface area contributed by atoms with Gasteiger partial charge in [-0.25, -0.2) is 0 Å². The maximum atomic E-state index is 11.3. The van der Waals surface area contributed by atoms with E-state index < -0.39 is 0 Å². The SMILES string of the molecule is CCSc1cc(=O)[nH]cc1OCc1ccccc1. The molecule has 0 atom stereocenters. The summed E-state index contributed by atoms with van der Waals surface area (Å²) < 4.78 is 5.74. The van der Waals surface area contributed by atoms with Crippen molar-refractivity contribution >= 4 is 11.8 Å². The Bertz CT molecular complexity index is 551. The molecule has 1 aromatic carbocycles. The van der Waals surface area contributed by atoms with Crippen molar-refractivity contribution in [1.82, 2.24) is 4.98 Å². The van der Waals surface area contributed by atoms with Gasteiger partial charge in [-0.3, -0.25) is 4.79 Å². The minimum atomic E-state index is -0.0991. The van der Waals surface area contributed by atoms with Crippen LogP contribution < -0.4 is 10.3 Å². The molecule has 1 aromatic heterocycles. The van der Waals surface area contributed by atoms with Crippen LogP contribution in [0.2, 0.25) is 0 Å². The Balaban J connectivity index is 2.11. The third-order valence-corrected chi connectivity index (χ3v) is 3.31. The smallest absolute Gasteiger partial charge is 0.249 e. The van der Waals surface area contributed by atoms with E-state index in [9.17, 15) is 4.79 Å². The van der Waals surface area contributed by atoms with Crippen LogP contribution in [-0.2, 0) is 6.61 Å². The first-order valence-electron chi connectivity index (χ1n) is 5.82. The Kier molecular flexibility index (Phi) is 4.47. The van der Waals surface area contributed by atoms with Crippen LogP contribution >= 0.6 is 11.8 Å². The molecule has 1 N–H and O–H groups in total. The number of hydrogen-bond acceptors (Lipinski definition) is 3. The average molecular weight is 261 g/mol. The molecule has 0 bridgehead atoms. The molecule has 0 saturated heterocycles. The third-order valence-electron chi connectivity index (χ3n) is 2.39. The number of ether oxygens (including phenoxy) is 1. The summed E-state index contributed by atoms with van der Waals surface area (Å²) in [6.45, 7) is 2.55. The van der Waals surface area contributed by atoms with Gasteiger partial charge >= 0.3 is 0 Å². The molecule has 0 saturated carbocycles. The van der Waals surface area contributed by atoms with Crippen LogP contribution in [0.5, 0.6) is 5.75 Å². The summed E-state index contributed by atoms with van der Waals surface area (Å²) in [5, 5.41) is 0. The number of thioether (sulfide) groups is 1. The van der Waals surface area contributed by atoms with E-state index >= 15 is 0 Å². The number of nitrogens with one attached hydrogen (secondary N) is 1. The number of H-pyrrole nitrogens is 1. The standard InChI is InChI=1S/C14H15NO2S/c1-2-18-13-8-14(16)15-9-12(13)17-10-11-6-4-3-5-7-11/h3-9H,2,10H2,1H3,(H,15,16). The highest BCUT2D eigenvalue weighted by Gasteiger charge is 2.05. The second-order valence-electron chi connectivity index (χ2n) is 3.73. The fraction of sp³-hybridized carbons (Fsp3) is 0.214. The Morgan fingerprint density at radius 3 is 2.78 bits per heavy atom. The van der Waals surface area contributed by atoms with E-state index in [-0.39, 0.29) is 5.56 Å². The van der Waals surface area contributed by atoms with Crippen LogP contribution in [0.25, 0.3) is 0 Å². The van der Waals surface area contributed by atoms with Crippen molar-refractivity contribution in [2.45, 2.75) is 18.4 Å². The van der Waals surface area contributed by atoms with E-state index in [1.165, 1.54) is 0 Å². The lowest BCUT2D eigenvalue weighted by molar-refractivity contribution is 0.297. The van der Waals surface area contributed by atoms with Gasteiger partial charge in [0.25, 0.3) is 0 Å². The van der Waals surface area contributed by atoms with Gasteiger partial charge < -0.3 is 9.72 Å². The summed E-state index contributed by atoms with van der Waals surface area (Å²) in [5.74, 6) is 1.64. The quantitative estimate of drug-likeness (QED) is 0.841. The van der Waals surface area contributed by atoms with Gasteiger partial charge in [0.2, 0.25) is 5.56 Å². The largest absolute Gasteiger partial charge is 0.486 e. The number of rotatable bonds is 5. The van der Waals surface area contributed by atoms with Crippen molar-refractivity contribution in [2.24, 2.45) is 0 Å². The van der Waals surface area contributed by atoms with E-state index in [0.717, 1.165) is 22.0 Å². The summed E-state index contributed by atoms with van der Waals surface area (Å²) in [6.07, 6.45) is 1.63. The molecule has 94 valence electrons. The fourth-order valence-corrected chi connectivity index (χ4v) is 2.32. The van der Waals surface area contributed by atoms with Crippen LogP contribution in [0.4, 0.5) is 0 Å². The van der Waals surface area contributed by atoms with E-state index in [1.807, 2.05) is 37.3 Å². The zero-order chi connectivity index (χ0) is 12.8. The summed E-state index contributed by atoms with van der Waals surface area (Å²) in [6, 6.07) is 11.5. The van der Waals surface area contributed by atoms with Gasteiger partial charge in [-0.1, -0.05) is 37.3 Å². The molecule has 18 heavy (non-hydrogen) atoms. The number of hydrogen-bond donors (Lipinski definition) is 1. The molecule has 0 fully saturated rings. The highest BCUT2D eigenvalue weighted by molar-refractivity contribution is 7.99. The van der Waals surface area contributed by atoms with E-state index in [1.54, 1.807) is 24.0 Å². The minimum Gasteiger partial charge on any atom is -0.486 e. The van der Waals surface area contributed by atoms with Crippen molar-refractivity contribution < 1.29 is 4.74 Å². The van der Waals surface area contributed by atoms with Crippen LogP contribution in [0.15, 0.2) is 52.3 Å². The monoisotopic (exact) mass is 261 g/mol. The molecule has 3 nitrogen and oxygen atoms in total. The molecular formula is C14H15NO2S. The predicted molar refractivity (Wildman–Crippen MR) is 74.2 cm³/mol. The number of aromatic nitrogens is 1. The van der Waals surface area contributed by atoms with Crippen molar-refractivity contribution in [2.75, 3.05) is 5.75 Å². The molecule has 0 radical (unpaired) electrons. The van der Waals surface area contributed by atoms with Crippen LogP contribution in [-0.4, -0.2) is 10.7 Å². The summed E-state index contributed by atoms with van der Waals surface area (Å²) in [7, 11) is 0. The maximum absolute atomic E-state index is 11.3. The molecule has 0 amide bonds. The Labute approximate surface area is 110 Å². The molecule has 2 aromatic rings. The van der Waals surface area contributed by atoms with Gasteiger partial charge in [0.05, 0.1) is 4.90 Å². The minimum absolute atomic E-state index is 0.0991. The number of benzene rings is 1. The second-order valence-corrected chi connectivity index (χ2v) is 5.04. The molecule has 4 heteroatoms. The van der Waals surface area contributed by atoms with Crippen LogP contribution in [0.3, 0.4) is 0 Å². The number of aromatic amines is 1. The molecule has 2 rings (SSSR count). The molecule has 0 unspecified atom stereocenters. The van der Waals surface area contributed by atoms with E-state index in [0.29, 0.717) is 6.61 Å². The molecule has 0 aliphatic rings. The van der Waals surface area contributed by atoms with Gasteiger partial charge in [0.1, 0.15) is 12.4 Å². The summed E-state index contributed by atoms with van der Waals surface area (Å²) in [5.41, 5.74) is 1.01. The topological polar surface area (TPSA) is 42.1 Å². The Morgan fingerprint density at radius 2 is 2.06 bits per heavy atom. The molecular weight excluding hydrogens is 246 g/mol. The molecule has 0 spiro atoms. The predicted octanol–water partition coefficient (Wildman–Crippen LogP) is 3.07. The lowest BCUT2D eigenvalue weighted by atomic mass is 10.2. The first-order valence-corrected chi connectivity index (χ1v) is 6.80. The zero-order valence-electron chi connectivity index (χ0n) is 10.2. The second kappa shape index (κ2) is 6.31. The maximum Gasteiger partial charge on any atom is 0.249 e. The van der Waals surface area contributed by atoms with Gasteiger partial charge in [-0.05, 0) is 11.3 Å². The van der Waals surface area contributed by atoms with E-state index in [2.05, 4.69) is 4.98 Å². The first kappa shape index (κ1) is 12.8. The van der Waals surface area contributed by atoms with Crippen molar-refractivity contribution in [3.05, 3.63) is 58.5 Å². The van der Waals surface area contributed by atoms with Gasteiger partial charge in [0.15, 0.2) is 0 Å². The third kappa shape index (κ3) is 3.40. The summed E-state index contributed by atoms with van der Waals surface area (Å²) >= 11 is 1.61. The summed E-state index contributed by atoms with van der Waals surface area (Å²) in [4.78, 5) is 14.8. The lowest BCUT2D eigenvalue weighted by Crippen LogP contribution is -2.06.